The Kier molecular flexibility index (Phi) is 5.53. The van der Waals surface area contributed by atoms with Gasteiger partial charge in [0, 0.05) is 43.9 Å². The van der Waals surface area contributed by atoms with Crippen LogP contribution in [0.15, 0.2) is 36.5 Å². The first-order valence-corrected chi connectivity index (χ1v) is 9.19. The number of rotatable bonds is 7. The van der Waals surface area contributed by atoms with E-state index in [-0.39, 0.29) is 11.9 Å². The van der Waals surface area contributed by atoms with Gasteiger partial charge in [0.15, 0.2) is 0 Å². The van der Waals surface area contributed by atoms with Gasteiger partial charge in [-0.05, 0) is 31.4 Å². The Balaban J connectivity index is 1.66. The van der Waals surface area contributed by atoms with E-state index in [9.17, 15) is 4.79 Å². The normalized spacial score (nSPS) is 16.0. The van der Waals surface area contributed by atoms with Crippen molar-refractivity contribution >= 4 is 5.91 Å². The molecule has 1 aliphatic heterocycles. The minimum atomic E-state index is 0.266. The van der Waals surface area contributed by atoms with Crippen molar-refractivity contribution in [1.29, 1.82) is 0 Å². The van der Waals surface area contributed by atoms with E-state index in [4.69, 9.17) is 5.10 Å². The van der Waals surface area contributed by atoms with E-state index in [0.29, 0.717) is 12.3 Å². The summed E-state index contributed by atoms with van der Waals surface area (Å²) in [5, 5.41) is 8.34. The first kappa shape index (κ1) is 17.7. The summed E-state index contributed by atoms with van der Waals surface area (Å²) in [5.74, 6) is 0.658. The molecule has 1 N–H and O–H groups in total. The van der Waals surface area contributed by atoms with E-state index in [1.54, 1.807) is 0 Å². The molecule has 1 atom stereocenters. The van der Waals surface area contributed by atoms with Gasteiger partial charge >= 0.3 is 0 Å². The largest absolute Gasteiger partial charge is 0.341 e. The standard InChI is InChI=1S/C20H28N4O/c1-15(2)20-17(14-24(22-20)18-8-5-4-6-9-18)12-21-16(3)13-23-11-7-10-19(23)25/h4-6,8-9,14-16,21H,7,10-13H2,1-3H3/t16-/m0/s1. The Bertz CT molecular complexity index is 708. The third-order valence-electron chi connectivity index (χ3n) is 4.70. The van der Waals surface area contributed by atoms with Crippen LogP contribution in [-0.4, -0.2) is 39.7 Å². The maximum atomic E-state index is 11.8. The molecule has 5 nitrogen and oxygen atoms in total. The van der Waals surface area contributed by atoms with Crippen molar-refractivity contribution < 1.29 is 4.79 Å². The predicted octanol–water partition coefficient (Wildman–Crippen LogP) is 3.10. The lowest BCUT2D eigenvalue weighted by Crippen LogP contribution is -2.39. The van der Waals surface area contributed by atoms with Gasteiger partial charge in [-0.1, -0.05) is 32.0 Å². The number of aromatic nitrogens is 2. The van der Waals surface area contributed by atoms with Crippen LogP contribution in [0.2, 0.25) is 0 Å². The van der Waals surface area contributed by atoms with Gasteiger partial charge < -0.3 is 10.2 Å². The summed E-state index contributed by atoms with van der Waals surface area (Å²) < 4.78 is 1.96. The fourth-order valence-corrected chi connectivity index (χ4v) is 3.33. The van der Waals surface area contributed by atoms with Crippen LogP contribution in [0, 0.1) is 0 Å². The molecule has 0 unspecified atom stereocenters. The van der Waals surface area contributed by atoms with Crippen molar-refractivity contribution in [3.63, 3.8) is 0 Å². The Hall–Kier alpha value is -2.14. The lowest BCUT2D eigenvalue weighted by Gasteiger charge is -2.21. The molecule has 1 aromatic carbocycles. The Morgan fingerprint density at radius 2 is 1.96 bits per heavy atom. The number of nitrogens with zero attached hydrogens (tertiary/aromatic N) is 3. The first-order chi connectivity index (χ1) is 12.0. The van der Waals surface area contributed by atoms with Crippen LogP contribution in [-0.2, 0) is 11.3 Å². The number of amides is 1. The fourth-order valence-electron chi connectivity index (χ4n) is 3.33. The van der Waals surface area contributed by atoms with E-state index in [2.05, 4.69) is 44.4 Å². The van der Waals surface area contributed by atoms with E-state index < -0.39 is 0 Å². The molecule has 0 spiro atoms. The molecule has 1 aliphatic rings. The van der Waals surface area contributed by atoms with Gasteiger partial charge in [0.25, 0.3) is 0 Å². The zero-order valence-electron chi connectivity index (χ0n) is 15.4. The summed E-state index contributed by atoms with van der Waals surface area (Å²) in [4.78, 5) is 13.7. The van der Waals surface area contributed by atoms with Crippen LogP contribution >= 0.6 is 0 Å². The second-order valence-corrected chi connectivity index (χ2v) is 7.20. The van der Waals surface area contributed by atoms with Crippen LogP contribution in [0.25, 0.3) is 5.69 Å². The summed E-state index contributed by atoms with van der Waals surface area (Å²) >= 11 is 0. The van der Waals surface area contributed by atoms with Crippen molar-refractivity contribution in [3.8, 4) is 5.69 Å². The van der Waals surface area contributed by atoms with Gasteiger partial charge in [-0.2, -0.15) is 5.10 Å². The maximum absolute atomic E-state index is 11.8. The number of carbonyl (C=O) groups is 1. The predicted molar refractivity (Wildman–Crippen MR) is 99.8 cm³/mol. The van der Waals surface area contributed by atoms with Gasteiger partial charge in [0.05, 0.1) is 11.4 Å². The molecule has 0 radical (unpaired) electrons. The van der Waals surface area contributed by atoms with E-state index >= 15 is 0 Å². The molecule has 0 saturated carbocycles. The smallest absolute Gasteiger partial charge is 0.222 e. The van der Waals surface area contributed by atoms with Crippen LogP contribution in [0.1, 0.15) is 50.8 Å². The first-order valence-electron chi connectivity index (χ1n) is 9.19. The molecule has 134 valence electrons. The fraction of sp³-hybridized carbons (Fsp3) is 0.500. The number of likely N-dealkylation sites (tertiary alicyclic amines) is 1. The third-order valence-corrected chi connectivity index (χ3v) is 4.70. The zero-order valence-corrected chi connectivity index (χ0v) is 15.4. The van der Waals surface area contributed by atoms with Crippen LogP contribution in [0.5, 0.6) is 0 Å². The van der Waals surface area contributed by atoms with E-state index in [1.165, 1.54) is 5.56 Å². The van der Waals surface area contributed by atoms with Crippen LogP contribution in [0.4, 0.5) is 0 Å². The molecule has 2 aromatic rings. The molecule has 1 fully saturated rings. The minimum absolute atomic E-state index is 0.266. The molecule has 0 aliphatic carbocycles. The summed E-state index contributed by atoms with van der Waals surface area (Å²) in [6, 6.07) is 10.5. The monoisotopic (exact) mass is 340 g/mol. The molecule has 2 heterocycles. The molecule has 3 rings (SSSR count). The lowest BCUT2D eigenvalue weighted by molar-refractivity contribution is -0.127. The molecule has 1 saturated heterocycles. The topological polar surface area (TPSA) is 50.2 Å². The Labute approximate surface area is 150 Å². The average Bonchev–Trinajstić information content (AvgIpc) is 3.21. The number of hydrogen-bond acceptors (Lipinski definition) is 3. The Morgan fingerprint density at radius 3 is 2.60 bits per heavy atom. The SMILES string of the molecule is CC(C)c1nn(-c2ccccc2)cc1CN[C@@H](C)CN1CCCC1=O. The van der Waals surface area contributed by atoms with Crippen molar-refractivity contribution in [2.75, 3.05) is 13.1 Å². The molecule has 1 aromatic heterocycles. The van der Waals surface area contributed by atoms with Crippen LogP contribution < -0.4 is 5.32 Å². The van der Waals surface area contributed by atoms with Gasteiger partial charge in [-0.15, -0.1) is 0 Å². The number of nitrogens with one attached hydrogen (secondary N) is 1. The zero-order chi connectivity index (χ0) is 17.8. The highest BCUT2D eigenvalue weighted by Crippen LogP contribution is 2.20. The van der Waals surface area contributed by atoms with E-state index in [0.717, 1.165) is 37.4 Å². The highest BCUT2D eigenvalue weighted by molar-refractivity contribution is 5.78. The third kappa shape index (κ3) is 4.28. The summed E-state index contributed by atoms with van der Waals surface area (Å²) in [7, 11) is 0. The van der Waals surface area contributed by atoms with Gasteiger partial charge in [-0.25, -0.2) is 4.68 Å². The molecular formula is C20H28N4O. The van der Waals surface area contributed by atoms with E-state index in [1.807, 2.05) is 27.8 Å². The number of para-hydroxylation sites is 1. The van der Waals surface area contributed by atoms with Crippen molar-refractivity contribution in [2.24, 2.45) is 0 Å². The number of carbonyl (C=O) groups excluding carboxylic acids is 1. The maximum Gasteiger partial charge on any atom is 0.222 e. The van der Waals surface area contributed by atoms with Crippen molar-refractivity contribution in [3.05, 3.63) is 47.8 Å². The van der Waals surface area contributed by atoms with Gasteiger partial charge in [-0.3, -0.25) is 4.79 Å². The lowest BCUT2D eigenvalue weighted by atomic mass is 10.1. The van der Waals surface area contributed by atoms with Gasteiger partial charge in [0.1, 0.15) is 0 Å². The molecule has 25 heavy (non-hydrogen) atoms. The minimum Gasteiger partial charge on any atom is -0.341 e. The number of benzene rings is 1. The highest BCUT2D eigenvalue weighted by Gasteiger charge is 2.22. The van der Waals surface area contributed by atoms with Crippen LogP contribution in [0.3, 0.4) is 0 Å². The second-order valence-electron chi connectivity index (χ2n) is 7.20. The molecule has 0 bridgehead atoms. The van der Waals surface area contributed by atoms with Crippen molar-refractivity contribution in [2.45, 2.75) is 52.1 Å². The summed E-state index contributed by atoms with van der Waals surface area (Å²) in [6.07, 6.45) is 3.81. The molecule has 1 amide bonds. The molecular weight excluding hydrogens is 312 g/mol. The summed E-state index contributed by atoms with van der Waals surface area (Å²) in [6.45, 7) is 8.93. The second kappa shape index (κ2) is 7.83. The number of hydrogen-bond donors (Lipinski definition) is 1. The molecule has 5 heteroatoms. The quantitative estimate of drug-likeness (QED) is 0.843. The van der Waals surface area contributed by atoms with Gasteiger partial charge in [0.2, 0.25) is 5.91 Å². The highest BCUT2D eigenvalue weighted by atomic mass is 16.2. The van der Waals surface area contributed by atoms with Crippen molar-refractivity contribution in [1.82, 2.24) is 20.0 Å². The summed E-state index contributed by atoms with van der Waals surface area (Å²) in [5.41, 5.74) is 3.42. The Morgan fingerprint density at radius 1 is 1.20 bits per heavy atom. The average molecular weight is 340 g/mol.